The molecule has 0 aromatic carbocycles. The molecule has 0 aliphatic carbocycles. The lowest BCUT2D eigenvalue weighted by Gasteiger charge is -2.08. The van der Waals surface area contributed by atoms with Gasteiger partial charge in [-0.05, 0) is 37.9 Å². The van der Waals surface area contributed by atoms with Crippen LogP contribution in [0.25, 0.3) is 11.5 Å². The Hall–Kier alpha value is -1.75. The van der Waals surface area contributed by atoms with Gasteiger partial charge in [-0.1, -0.05) is 0 Å². The fraction of sp³-hybridized carbons (Fsp3) is 0.462. The van der Waals surface area contributed by atoms with E-state index < -0.39 is 0 Å². The van der Waals surface area contributed by atoms with Crippen LogP contribution in [0.3, 0.4) is 0 Å². The van der Waals surface area contributed by atoms with E-state index in [1.807, 2.05) is 17.8 Å². The molecule has 5 heteroatoms. The average Bonchev–Trinajstić information content (AvgIpc) is 3.01. The molecule has 1 atom stereocenters. The van der Waals surface area contributed by atoms with Gasteiger partial charge in [0.25, 0.3) is 0 Å². The molecule has 0 saturated carbocycles. The van der Waals surface area contributed by atoms with Gasteiger partial charge in [0.1, 0.15) is 12.0 Å². The lowest BCUT2D eigenvalue weighted by Crippen LogP contribution is -2.11. The van der Waals surface area contributed by atoms with E-state index in [-0.39, 0.29) is 0 Å². The number of nitrogens with one attached hydrogen (secondary N) is 1. The van der Waals surface area contributed by atoms with Gasteiger partial charge in [0, 0.05) is 25.1 Å². The zero-order valence-corrected chi connectivity index (χ0v) is 10.5. The molecular formula is C13H17N5. The minimum absolute atomic E-state index is 0.703. The summed E-state index contributed by atoms with van der Waals surface area (Å²) >= 11 is 0. The van der Waals surface area contributed by atoms with E-state index in [0.29, 0.717) is 5.92 Å². The average molecular weight is 243 g/mol. The Labute approximate surface area is 106 Å². The summed E-state index contributed by atoms with van der Waals surface area (Å²) in [6, 6.07) is 2.06. The summed E-state index contributed by atoms with van der Waals surface area (Å²) in [5.74, 6) is 1.59. The molecule has 1 saturated heterocycles. The lowest BCUT2D eigenvalue weighted by atomic mass is 10.0. The van der Waals surface area contributed by atoms with Crippen molar-refractivity contribution in [1.82, 2.24) is 24.8 Å². The SMILES string of the molecule is Cn1ccnc1-c1cc(C[C@H]2CCNC2)ncn1. The molecule has 94 valence electrons. The van der Waals surface area contributed by atoms with Crippen molar-refractivity contribution >= 4 is 0 Å². The molecule has 0 bridgehead atoms. The first-order valence-corrected chi connectivity index (χ1v) is 6.32. The van der Waals surface area contributed by atoms with Crippen molar-refractivity contribution in [2.45, 2.75) is 12.8 Å². The van der Waals surface area contributed by atoms with E-state index in [1.165, 1.54) is 6.42 Å². The predicted molar refractivity (Wildman–Crippen MR) is 68.9 cm³/mol. The van der Waals surface area contributed by atoms with Crippen molar-refractivity contribution in [3.05, 3.63) is 30.5 Å². The fourth-order valence-corrected chi connectivity index (χ4v) is 2.43. The summed E-state index contributed by atoms with van der Waals surface area (Å²) in [6.45, 7) is 2.23. The largest absolute Gasteiger partial charge is 0.333 e. The predicted octanol–water partition coefficient (Wildman–Crippen LogP) is 1.03. The molecular weight excluding hydrogens is 226 g/mol. The van der Waals surface area contributed by atoms with E-state index in [2.05, 4.69) is 26.3 Å². The highest BCUT2D eigenvalue weighted by Gasteiger charge is 2.16. The summed E-state index contributed by atoms with van der Waals surface area (Å²) in [4.78, 5) is 13.0. The third-order valence-corrected chi connectivity index (χ3v) is 3.43. The van der Waals surface area contributed by atoms with E-state index in [9.17, 15) is 0 Å². The summed E-state index contributed by atoms with van der Waals surface area (Å²) in [5, 5.41) is 3.38. The smallest absolute Gasteiger partial charge is 0.158 e. The summed E-state index contributed by atoms with van der Waals surface area (Å²) in [7, 11) is 1.98. The first kappa shape index (κ1) is 11.3. The molecule has 3 rings (SSSR count). The summed E-state index contributed by atoms with van der Waals surface area (Å²) in [5.41, 5.74) is 2.01. The maximum atomic E-state index is 4.37. The van der Waals surface area contributed by atoms with Crippen molar-refractivity contribution in [3.8, 4) is 11.5 Å². The molecule has 5 nitrogen and oxygen atoms in total. The minimum Gasteiger partial charge on any atom is -0.333 e. The lowest BCUT2D eigenvalue weighted by molar-refractivity contribution is 0.571. The molecule has 2 aromatic rings. The van der Waals surface area contributed by atoms with Crippen molar-refractivity contribution in [2.75, 3.05) is 13.1 Å². The van der Waals surface area contributed by atoms with Gasteiger partial charge in [0.15, 0.2) is 5.82 Å². The van der Waals surface area contributed by atoms with E-state index >= 15 is 0 Å². The molecule has 1 aliphatic heterocycles. The van der Waals surface area contributed by atoms with Crippen molar-refractivity contribution in [1.29, 1.82) is 0 Å². The van der Waals surface area contributed by atoms with E-state index in [0.717, 1.165) is 36.7 Å². The third kappa shape index (κ3) is 2.26. The molecule has 2 aromatic heterocycles. The number of aryl methyl sites for hydroxylation is 1. The molecule has 0 unspecified atom stereocenters. The van der Waals surface area contributed by atoms with Crippen LogP contribution in [0.4, 0.5) is 0 Å². The number of imidazole rings is 1. The van der Waals surface area contributed by atoms with Gasteiger partial charge in [-0.15, -0.1) is 0 Å². The highest BCUT2D eigenvalue weighted by Crippen LogP contribution is 2.17. The van der Waals surface area contributed by atoms with Crippen LogP contribution in [-0.4, -0.2) is 32.6 Å². The second-order valence-corrected chi connectivity index (χ2v) is 4.82. The van der Waals surface area contributed by atoms with Gasteiger partial charge in [0.2, 0.25) is 0 Å². The van der Waals surface area contributed by atoms with Crippen molar-refractivity contribution < 1.29 is 0 Å². The van der Waals surface area contributed by atoms with Crippen LogP contribution in [0.1, 0.15) is 12.1 Å². The number of aromatic nitrogens is 4. The van der Waals surface area contributed by atoms with E-state index in [4.69, 9.17) is 0 Å². The molecule has 1 fully saturated rings. The number of hydrogen-bond acceptors (Lipinski definition) is 4. The maximum Gasteiger partial charge on any atom is 0.158 e. The molecule has 1 N–H and O–H groups in total. The fourth-order valence-electron chi connectivity index (χ4n) is 2.43. The zero-order valence-electron chi connectivity index (χ0n) is 10.5. The molecule has 0 radical (unpaired) electrons. The van der Waals surface area contributed by atoms with Crippen molar-refractivity contribution in [3.63, 3.8) is 0 Å². The van der Waals surface area contributed by atoms with Gasteiger partial charge in [0.05, 0.1) is 0 Å². The van der Waals surface area contributed by atoms with Crippen LogP contribution < -0.4 is 5.32 Å². The second-order valence-electron chi connectivity index (χ2n) is 4.82. The Morgan fingerprint density at radius 3 is 3.06 bits per heavy atom. The molecule has 1 aliphatic rings. The first-order chi connectivity index (χ1) is 8.83. The highest BCUT2D eigenvalue weighted by molar-refractivity contribution is 5.49. The molecule has 0 spiro atoms. The zero-order chi connectivity index (χ0) is 12.4. The molecule has 18 heavy (non-hydrogen) atoms. The summed E-state index contributed by atoms with van der Waals surface area (Å²) in [6.07, 6.45) is 7.62. The second kappa shape index (κ2) is 4.86. The molecule has 0 amide bonds. The Bertz CT molecular complexity index is 528. The van der Waals surface area contributed by atoms with Crippen LogP contribution in [0.15, 0.2) is 24.8 Å². The van der Waals surface area contributed by atoms with Crippen LogP contribution >= 0.6 is 0 Å². The monoisotopic (exact) mass is 243 g/mol. The number of rotatable bonds is 3. The van der Waals surface area contributed by atoms with E-state index in [1.54, 1.807) is 12.5 Å². The van der Waals surface area contributed by atoms with Gasteiger partial charge in [-0.3, -0.25) is 0 Å². The Kier molecular flexibility index (Phi) is 3.06. The first-order valence-electron chi connectivity index (χ1n) is 6.32. The van der Waals surface area contributed by atoms with Gasteiger partial charge >= 0.3 is 0 Å². The Morgan fingerprint density at radius 2 is 2.33 bits per heavy atom. The quantitative estimate of drug-likeness (QED) is 0.874. The topological polar surface area (TPSA) is 55.6 Å². The van der Waals surface area contributed by atoms with Crippen LogP contribution in [0, 0.1) is 5.92 Å². The van der Waals surface area contributed by atoms with Gasteiger partial charge < -0.3 is 9.88 Å². The van der Waals surface area contributed by atoms with Crippen molar-refractivity contribution in [2.24, 2.45) is 13.0 Å². The number of nitrogens with zero attached hydrogens (tertiary/aromatic N) is 4. The standard InChI is InChI=1S/C13H17N5/c1-18-5-4-15-13(18)12-7-11(16-9-17-12)6-10-2-3-14-8-10/h4-5,7,9-10,14H,2-3,6,8H2,1H3/t10-/m1/s1. The summed E-state index contributed by atoms with van der Waals surface area (Å²) < 4.78 is 1.98. The number of hydrogen-bond donors (Lipinski definition) is 1. The Morgan fingerprint density at radius 1 is 1.39 bits per heavy atom. The highest BCUT2D eigenvalue weighted by atomic mass is 15.1. The normalized spacial score (nSPS) is 19.3. The van der Waals surface area contributed by atoms with Gasteiger partial charge in [-0.2, -0.15) is 0 Å². The third-order valence-electron chi connectivity index (χ3n) is 3.43. The molecule has 3 heterocycles. The van der Waals surface area contributed by atoms with Crippen LogP contribution in [0.2, 0.25) is 0 Å². The van der Waals surface area contributed by atoms with Gasteiger partial charge in [-0.25, -0.2) is 15.0 Å². The Balaban J connectivity index is 1.82. The van der Waals surface area contributed by atoms with Crippen LogP contribution in [0.5, 0.6) is 0 Å². The maximum absolute atomic E-state index is 4.37. The minimum atomic E-state index is 0.703. The van der Waals surface area contributed by atoms with Crippen LogP contribution in [-0.2, 0) is 13.5 Å².